The summed E-state index contributed by atoms with van der Waals surface area (Å²) >= 11 is 11.8. The number of benzene rings is 2. The van der Waals surface area contributed by atoms with Gasteiger partial charge in [-0.3, -0.25) is 4.98 Å². The van der Waals surface area contributed by atoms with Crippen LogP contribution in [-0.4, -0.2) is 17.2 Å². The zero-order chi connectivity index (χ0) is 22.1. The van der Waals surface area contributed by atoms with Crippen molar-refractivity contribution in [1.29, 1.82) is 0 Å². The van der Waals surface area contributed by atoms with E-state index in [1.807, 2.05) is 78.9 Å². The molecule has 1 aliphatic heterocycles. The van der Waals surface area contributed by atoms with Crippen LogP contribution >= 0.6 is 23.8 Å². The topological polar surface area (TPSA) is 50.5 Å². The van der Waals surface area contributed by atoms with Crippen LogP contribution in [0, 0.1) is 0 Å². The van der Waals surface area contributed by atoms with Gasteiger partial charge >= 0.3 is 0 Å². The van der Waals surface area contributed by atoms with Gasteiger partial charge in [0.05, 0.1) is 18.8 Å². The Labute approximate surface area is 196 Å². The molecule has 1 fully saturated rings. The van der Waals surface area contributed by atoms with Gasteiger partial charge in [0, 0.05) is 28.5 Å². The molecule has 0 unspecified atom stereocenters. The molecule has 1 aliphatic rings. The molecular weight excluding hydrogens is 442 g/mol. The molecule has 32 heavy (non-hydrogen) atoms. The lowest BCUT2D eigenvalue weighted by Gasteiger charge is -2.26. The molecule has 5 nitrogen and oxygen atoms in total. The first-order valence-electron chi connectivity index (χ1n) is 10.1. The number of thiocarbonyl (C=S) groups is 1. The fourth-order valence-corrected chi connectivity index (χ4v) is 4.44. The average Bonchev–Trinajstić information content (AvgIpc) is 3.45. The molecule has 160 valence electrons. The summed E-state index contributed by atoms with van der Waals surface area (Å²) in [6.07, 6.45) is 1.78. The number of anilines is 1. The number of furan rings is 1. The summed E-state index contributed by atoms with van der Waals surface area (Å²) in [7, 11) is 1.65. The smallest absolute Gasteiger partial charge is 0.174 e. The zero-order valence-corrected chi connectivity index (χ0v) is 18.8. The molecule has 7 heteroatoms. The third-order valence-corrected chi connectivity index (χ3v) is 6.04. The lowest BCUT2D eigenvalue weighted by atomic mass is 10.0. The number of pyridine rings is 1. The summed E-state index contributed by atoms with van der Waals surface area (Å²) in [6.45, 7) is 0. The van der Waals surface area contributed by atoms with Gasteiger partial charge in [0.15, 0.2) is 5.11 Å². The molecule has 2 aromatic heterocycles. The molecule has 2 aromatic carbocycles. The van der Waals surface area contributed by atoms with Gasteiger partial charge in [-0.25, -0.2) is 0 Å². The molecule has 1 saturated heterocycles. The van der Waals surface area contributed by atoms with E-state index in [1.54, 1.807) is 13.3 Å². The van der Waals surface area contributed by atoms with Crippen molar-refractivity contribution in [3.8, 4) is 17.1 Å². The van der Waals surface area contributed by atoms with Gasteiger partial charge in [0.1, 0.15) is 23.3 Å². The van der Waals surface area contributed by atoms with E-state index in [9.17, 15) is 0 Å². The maximum Gasteiger partial charge on any atom is 0.174 e. The Morgan fingerprint density at radius 1 is 1.03 bits per heavy atom. The molecule has 0 spiro atoms. The van der Waals surface area contributed by atoms with Crippen LogP contribution in [0.25, 0.3) is 11.3 Å². The Morgan fingerprint density at radius 2 is 1.88 bits per heavy atom. The number of ether oxygens (including phenoxy) is 1. The van der Waals surface area contributed by atoms with E-state index in [-0.39, 0.29) is 12.1 Å². The van der Waals surface area contributed by atoms with E-state index < -0.39 is 0 Å². The fourth-order valence-electron chi connectivity index (χ4n) is 3.96. The standard InChI is InChI=1S/C25H20ClN3O2S/c1-30-19-6-4-5-18(15-19)29-24(23(28-25(29)32)20-7-2-3-14-27-20)22-13-12-21(31-22)16-8-10-17(26)11-9-16/h2-15,23-24H,1H3,(H,28,32)/t23-,24+/m0/s1. The lowest BCUT2D eigenvalue weighted by molar-refractivity contribution is 0.414. The molecular formula is C25H20ClN3O2S. The maximum absolute atomic E-state index is 6.36. The van der Waals surface area contributed by atoms with Gasteiger partial charge in [0.2, 0.25) is 0 Å². The summed E-state index contributed by atoms with van der Waals surface area (Å²) in [4.78, 5) is 6.63. The second-order valence-corrected chi connectivity index (χ2v) is 8.23. The van der Waals surface area contributed by atoms with Crippen LogP contribution in [0.15, 0.2) is 89.5 Å². The highest BCUT2D eigenvalue weighted by Crippen LogP contribution is 2.43. The summed E-state index contributed by atoms with van der Waals surface area (Å²) in [5.41, 5.74) is 2.75. The van der Waals surface area contributed by atoms with Gasteiger partial charge in [-0.15, -0.1) is 0 Å². The Hall–Kier alpha value is -3.35. The van der Waals surface area contributed by atoms with Gasteiger partial charge in [-0.2, -0.15) is 0 Å². The zero-order valence-electron chi connectivity index (χ0n) is 17.2. The molecule has 5 rings (SSSR count). The second-order valence-electron chi connectivity index (χ2n) is 7.41. The van der Waals surface area contributed by atoms with Gasteiger partial charge < -0.3 is 19.4 Å². The van der Waals surface area contributed by atoms with E-state index >= 15 is 0 Å². The third-order valence-electron chi connectivity index (χ3n) is 5.48. The number of aromatic nitrogens is 1. The third kappa shape index (κ3) is 3.83. The second kappa shape index (κ2) is 8.65. The summed E-state index contributed by atoms with van der Waals surface area (Å²) in [5, 5.41) is 4.72. The molecule has 2 atom stereocenters. The van der Waals surface area contributed by atoms with Crippen LogP contribution in [0.2, 0.25) is 5.02 Å². The van der Waals surface area contributed by atoms with Crippen molar-refractivity contribution in [2.75, 3.05) is 12.0 Å². The quantitative estimate of drug-likeness (QED) is 0.358. The number of methoxy groups -OCH3 is 1. The minimum absolute atomic E-state index is 0.181. The SMILES string of the molecule is COc1cccc(N2C(=S)N[C@@H](c3ccccn3)[C@H]2c2ccc(-c3ccc(Cl)cc3)o2)c1. The first-order chi connectivity index (χ1) is 15.6. The molecule has 0 saturated carbocycles. The molecule has 0 amide bonds. The lowest BCUT2D eigenvalue weighted by Crippen LogP contribution is -2.29. The molecule has 0 aliphatic carbocycles. The van der Waals surface area contributed by atoms with Crippen LogP contribution < -0.4 is 15.0 Å². The summed E-state index contributed by atoms with van der Waals surface area (Å²) < 4.78 is 11.8. The average molecular weight is 462 g/mol. The van der Waals surface area contributed by atoms with Crippen LogP contribution in [0.4, 0.5) is 5.69 Å². The highest BCUT2D eigenvalue weighted by atomic mass is 35.5. The van der Waals surface area contributed by atoms with E-state index in [0.717, 1.165) is 34.2 Å². The van der Waals surface area contributed by atoms with Gasteiger partial charge in [-0.1, -0.05) is 23.7 Å². The van der Waals surface area contributed by atoms with E-state index in [2.05, 4.69) is 15.2 Å². The highest BCUT2D eigenvalue weighted by Gasteiger charge is 2.42. The normalized spacial score (nSPS) is 17.9. The minimum atomic E-state index is -0.231. The summed E-state index contributed by atoms with van der Waals surface area (Å²) in [5.74, 6) is 2.30. The monoisotopic (exact) mass is 461 g/mol. The van der Waals surface area contributed by atoms with Crippen LogP contribution in [0.5, 0.6) is 5.75 Å². The Balaban J connectivity index is 1.59. The van der Waals surface area contributed by atoms with Crippen molar-refractivity contribution >= 4 is 34.6 Å². The van der Waals surface area contributed by atoms with Gasteiger partial charge in [0.25, 0.3) is 0 Å². The predicted octanol–water partition coefficient (Wildman–Crippen LogP) is 6.18. The Kier molecular flexibility index (Phi) is 5.55. The predicted molar refractivity (Wildman–Crippen MR) is 130 cm³/mol. The number of hydrogen-bond acceptors (Lipinski definition) is 4. The van der Waals surface area contributed by atoms with Crippen molar-refractivity contribution in [2.45, 2.75) is 12.1 Å². The molecule has 3 heterocycles. The molecule has 1 N–H and O–H groups in total. The number of halogens is 1. The van der Waals surface area contributed by atoms with Crippen molar-refractivity contribution in [3.63, 3.8) is 0 Å². The van der Waals surface area contributed by atoms with Crippen molar-refractivity contribution < 1.29 is 9.15 Å². The summed E-state index contributed by atoms with van der Waals surface area (Å²) in [6, 6.07) is 24.8. The van der Waals surface area contributed by atoms with Crippen LogP contribution in [-0.2, 0) is 0 Å². The number of hydrogen-bond donors (Lipinski definition) is 1. The van der Waals surface area contributed by atoms with Gasteiger partial charge in [-0.05, 0) is 72.9 Å². The Bertz CT molecular complexity index is 1240. The van der Waals surface area contributed by atoms with Crippen molar-refractivity contribution in [2.24, 2.45) is 0 Å². The van der Waals surface area contributed by atoms with E-state index in [4.69, 9.17) is 33.0 Å². The fraction of sp³-hybridized carbons (Fsp3) is 0.120. The number of rotatable bonds is 5. The van der Waals surface area contributed by atoms with Crippen molar-refractivity contribution in [3.05, 3.63) is 102 Å². The largest absolute Gasteiger partial charge is 0.497 e. The van der Waals surface area contributed by atoms with Crippen molar-refractivity contribution in [1.82, 2.24) is 10.3 Å². The van der Waals surface area contributed by atoms with Crippen LogP contribution in [0.1, 0.15) is 23.5 Å². The number of nitrogens with one attached hydrogen (secondary N) is 1. The van der Waals surface area contributed by atoms with E-state index in [1.165, 1.54) is 0 Å². The Morgan fingerprint density at radius 3 is 2.62 bits per heavy atom. The van der Waals surface area contributed by atoms with E-state index in [0.29, 0.717) is 10.1 Å². The molecule has 4 aromatic rings. The molecule has 0 bridgehead atoms. The minimum Gasteiger partial charge on any atom is -0.497 e. The van der Waals surface area contributed by atoms with Crippen LogP contribution in [0.3, 0.4) is 0 Å². The molecule has 0 radical (unpaired) electrons. The maximum atomic E-state index is 6.36. The first-order valence-corrected chi connectivity index (χ1v) is 10.9. The highest BCUT2D eigenvalue weighted by molar-refractivity contribution is 7.80. The number of nitrogens with zero attached hydrogens (tertiary/aromatic N) is 2. The first kappa shape index (κ1) is 20.5.